The van der Waals surface area contributed by atoms with Crippen molar-refractivity contribution < 1.29 is 4.39 Å². The second-order valence-electron chi connectivity index (χ2n) is 2.43. The maximum Gasteiger partial charge on any atom is 0.166 e. The Morgan fingerprint density at radius 2 is 2.00 bits per heavy atom. The smallest absolute Gasteiger partial charge is 0.166 e. The van der Waals surface area contributed by atoms with Crippen LogP contribution in [0.5, 0.6) is 0 Å². The molecule has 0 bridgehead atoms. The highest BCUT2D eigenvalue weighted by atomic mass is 19.1. The minimum atomic E-state index is -0.248. The first-order valence-electron chi connectivity index (χ1n) is 3.52. The van der Waals surface area contributed by atoms with Crippen LogP contribution >= 0.6 is 0 Å². The molecule has 1 aliphatic heterocycles. The number of nitrogens with zero attached hydrogens (tertiary/aromatic N) is 2. The molecule has 4 nitrogen and oxygen atoms in total. The highest BCUT2D eigenvalue weighted by Crippen LogP contribution is 2.16. The third-order valence-corrected chi connectivity index (χ3v) is 1.61. The first-order chi connectivity index (χ1) is 5.86. The van der Waals surface area contributed by atoms with Gasteiger partial charge in [0.15, 0.2) is 6.17 Å². The maximum atomic E-state index is 12.5. The fourth-order valence-corrected chi connectivity index (χ4v) is 1.00. The highest BCUT2D eigenvalue weighted by molar-refractivity contribution is 5.19. The summed E-state index contributed by atoms with van der Waals surface area (Å²) in [5.74, 6) is -0.248. The summed E-state index contributed by atoms with van der Waals surface area (Å²) in [6.07, 6.45) is -0.203. The number of halogens is 1. The number of hydrogen-bond acceptors (Lipinski definition) is 4. The van der Waals surface area contributed by atoms with Gasteiger partial charge in [-0.2, -0.15) is 5.43 Å². The van der Waals surface area contributed by atoms with Gasteiger partial charge in [0.05, 0.1) is 0 Å². The van der Waals surface area contributed by atoms with E-state index in [1.54, 1.807) is 12.1 Å². The molecule has 0 spiro atoms. The van der Waals surface area contributed by atoms with Crippen molar-refractivity contribution in [2.24, 2.45) is 10.3 Å². The summed E-state index contributed by atoms with van der Waals surface area (Å²) in [4.78, 5) is 0. The lowest BCUT2D eigenvalue weighted by Gasteiger charge is -2.04. The molecule has 1 unspecified atom stereocenters. The molecule has 0 aliphatic carbocycles. The largest absolute Gasteiger partial charge is 0.222 e. The van der Waals surface area contributed by atoms with Crippen LogP contribution in [0.4, 0.5) is 4.39 Å². The van der Waals surface area contributed by atoms with Crippen molar-refractivity contribution in [3.63, 3.8) is 0 Å². The third-order valence-electron chi connectivity index (χ3n) is 1.61. The van der Waals surface area contributed by atoms with Gasteiger partial charge in [-0.3, -0.25) is 0 Å². The van der Waals surface area contributed by atoms with Crippen LogP contribution in [-0.4, -0.2) is 0 Å². The van der Waals surface area contributed by atoms with Crippen molar-refractivity contribution in [2.45, 2.75) is 6.17 Å². The zero-order chi connectivity index (χ0) is 8.39. The summed E-state index contributed by atoms with van der Waals surface area (Å²) in [5, 5.41) is 7.35. The van der Waals surface area contributed by atoms with Gasteiger partial charge < -0.3 is 0 Å². The van der Waals surface area contributed by atoms with Crippen molar-refractivity contribution in [3.05, 3.63) is 35.6 Å². The van der Waals surface area contributed by atoms with Crippen molar-refractivity contribution >= 4 is 0 Å². The summed E-state index contributed by atoms with van der Waals surface area (Å²) in [5.41, 5.74) is 6.17. The zero-order valence-electron chi connectivity index (χ0n) is 6.16. The Labute approximate surface area is 68.4 Å². The van der Waals surface area contributed by atoms with E-state index >= 15 is 0 Å². The quantitative estimate of drug-likeness (QED) is 0.660. The Morgan fingerprint density at radius 3 is 2.58 bits per heavy atom. The molecule has 0 saturated carbocycles. The molecule has 1 atom stereocenters. The van der Waals surface area contributed by atoms with E-state index in [9.17, 15) is 4.39 Å². The van der Waals surface area contributed by atoms with Crippen LogP contribution in [0.3, 0.4) is 0 Å². The van der Waals surface area contributed by atoms with E-state index in [2.05, 4.69) is 21.3 Å². The van der Waals surface area contributed by atoms with Gasteiger partial charge in [-0.05, 0) is 17.7 Å². The number of nitrogens with one attached hydrogen (secondary N) is 2. The summed E-state index contributed by atoms with van der Waals surface area (Å²) in [6, 6.07) is 6.12. The SMILES string of the molecule is Fc1ccc(C2N=NNN2)cc1. The van der Waals surface area contributed by atoms with Crippen molar-refractivity contribution in [1.29, 1.82) is 0 Å². The van der Waals surface area contributed by atoms with E-state index in [4.69, 9.17) is 0 Å². The Hall–Kier alpha value is -1.49. The van der Waals surface area contributed by atoms with Crippen molar-refractivity contribution in [2.75, 3.05) is 0 Å². The monoisotopic (exact) mass is 166 g/mol. The van der Waals surface area contributed by atoms with E-state index in [-0.39, 0.29) is 12.0 Å². The van der Waals surface area contributed by atoms with Gasteiger partial charge in [-0.25, -0.2) is 9.93 Å². The van der Waals surface area contributed by atoms with Crippen LogP contribution in [0.25, 0.3) is 0 Å². The van der Waals surface area contributed by atoms with Crippen molar-refractivity contribution in [1.82, 2.24) is 11.0 Å². The third kappa shape index (κ3) is 1.26. The molecule has 12 heavy (non-hydrogen) atoms. The van der Waals surface area contributed by atoms with Gasteiger partial charge in [0.25, 0.3) is 0 Å². The van der Waals surface area contributed by atoms with Crippen LogP contribution in [-0.2, 0) is 0 Å². The molecule has 0 aromatic heterocycles. The number of rotatable bonds is 1. The summed E-state index contributed by atoms with van der Waals surface area (Å²) in [6.45, 7) is 0. The molecule has 0 saturated heterocycles. The molecule has 2 rings (SSSR count). The van der Waals surface area contributed by atoms with Gasteiger partial charge in [-0.15, -0.1) is 5.11 Å². The normalized spacial score (nSPS) is 20.9. The van der Waals surface area contributed by atoms with Crippen LogP contribution < -0.4 is 11.0 Å². The van der Waals surface area contributed by atoms with Crippen LogP contribution in [0.1, 0.15) is 11.7 Å². The number of hydrazine groups is 1. The average Bonchev–Trinajstić information content (AvgIpc) is 2.58. The topological polar surface area (TPSA) is 48.8 Å². The van der Waals surface area contributed by atoms with Gasteiger partial charge in [0, 0.05) is 0 Å². The first kappa shape index (κ1) is 7.17. The number of hydrogen-bond donors (Lipinski definition) is 2. The molecule has 2 N–H and O–H groups in total. The number of benzene rings is 1. The lowest BCUT2D eigenvalue weighted by molar-refractivity contribution is 0.550. The molecule has 0 fully saturated rings. The standard InChI is InChI=1S/C7H7FN4/c8-6-3-1-5(2-4-6)7-9-11-12-10-7/h1-4,7H,(H,9,12)(H,10,11). The van der Waals surface area contributed by atoms with Crippen molar-refractivity contribution in [3.8, 4) is 0 Å². The van der Waals surface area contributed by atoms with Gasteiger partial charge >= 0.3 is 0 Å². The van der Waals surface area contributed by atoms with Gasteiger partial charge in [0.2, 0.25) is 0 Å². The lowest BCUT2D eigenvalue weighted by atomic mass is 10.2. The minimum absolute atomic E-state index is 0.203. The minimum Gasteiger partial charge on any atom is -0.222 e. The molecule has 1 aromatic carbocycles. The van der Waals surface area contributed by atoms with E-state index < -0.39 is 0 Å². The second-order valence-corrected chi connectivity index (χ2v) is 2.43. The van der Waals surface area contributed by atoms with E-state index in [0.717, 1.165) is 5.56 Å². The van der Waals surface area contributed by atoms with Crippen LogP contribution in [0.2, 0.25) is 0 Å². The fraction of sp³-hybridized carbons (Fsp3) is 0.143. The Bertz CT molecular complexity index is 295. The van der Waals surface area contributed by atoms with E-state index in [1.165, 1.54) is 12.1 Å². The fourth-order valence-electron chi connectivity index (χ4n) is 1.00. The predicted molar refractivity (Wildman–Crippen MR) is 40.3 cm³/mol. The molecule has 0 amide bonds. The second kappa shape index (κ2) is 2.86. The average molecular weight is 166 g/mol. The summed E-state index contributed by atoms with van der Waals surface area (Å²) < 4.78 is 12.5. The molecule has 5 heteroatoms. The first-order valence-corrected chi connectivity index (χ1v) is 3.52. The molecule has 1 aliphatic rings. The predicted octanol–water partition coefficient (Wildman–Crippen LogP) is 1.30. The molecule has 0 radical (unpaired) electrons. The molecule has 1 heterocycles. The van der Waals surface area contributed by atoms with E-state index in [0.29, 0.717) is 0 Å². The summed E-state index contributed by atoms with van der Waals surface area (Å²) >= 11 is 0. The van der Waals surface area contributed by atoms with E-state index in [1.807, 2.05) is 0 Å². The van der Waals surface area contributed by atoms with Gasteiger partial charge in [-0.1, -0.05) is 17.4 Å². The lowest BCUT2D eigenvalue weighted by Crippen LogP contribution is -2.23. The Morgan fingerprint density at radius 1 is 1.25 bits per heavy atom. The molecular weight excluding hydrogens is 159 g/mol. The van der Waals surface area contributed by atoms with Crippen LogP contribution in [0, 0.1) is 5.82 Å². The maximum absolute atomic E-state index is 12.5. The van der Waals surface area contributed by atoms with Crippen LogP contribution in [0.15, 0.2) is 34.6 Å². The Kier molecular flexibility index (Phi) is 1.71. The summed E-state index contributed by atoms with van der Waals surface area (Å²) in [7, 11) is 0. The molecule has 62 valence electrons. The van der Waals surface area contributed by atoms with Gasteiger partial charge in [0.1, 0.15) is 5.82 Å². The molecule has 1 aromatic rings. The zero-order valence-corrected chi connectivity index (χ0v) is 6.16. The Balaban J connectivity index is 2.23. The highest BCUT2D eigenvalue weighted by Gasteiger charge is 2.12. The molecular formula is C7H7FN4.